The minimum absolute atomic E-state index is 0.217. The van der Waals surface area contributed by atoms with Crippen LogP contribution in [0.1, 0.15) is 290 Å². The lowest BCUT2D eigenvalue weighted by atomic mass is 9.97. The van der Waals surface area contributed by atoms with Gasteiger partial charge in [-0.15, -0.1) is 0 Å². The van der Waals surface area contributed by atoms with Crippen LogP contribution >= 0.6 is 0 Å². The Morgan fingerprint density at radius 1 is 0.381 bits per heavy atom. The number of aliphatic hydroxyl groups excluding tert-OH is 8. The van der Waals surface area contributed by atoms with Crippen molar-refractivity contribution in [1.29, 1.82) is 0 Å². The first-order valence-corrected chi connectivity index (χ1v) is 38.9. The van der Waals surface area contributed by atoms with Crippen LogP contribution in [0.15, 0.2) is 134 Å². The third-order valence-corrected chi connectivity index (χ3v) is 18.1. The van der Waals surface area contributed by atoms with Crippen molar-refractivity contribution in [1.82, 2.24) is 5.32 Å². The van der Waals surface area contributed by atoms with Crippen LogP contribution in [0.4, 0.5) is 0 Å². The van der Waals surface area contributed by atoms with Crippen LogP contribution in [0.25, 0.3) is 0 Å². The van der Waals surface area contributed by atoms with E-state index in [0.29, 0.717) is 6.42 Å². The van der Waals surface area contributed by atoms with Gasteiger partial charge in [0.2, 0.25) is 5.91 Å². The molecule has 2 rings (SSSR count). The van der Waals surface area contributed by atoms with Gasteiger partial charge in [0.15, 0.2) is 12.6 Å². The van der Waals surface area contributed by atoms with E-state index >= 15 is 0 Å². The van der Waals surface area contributed by atoms with Crippen LogP contribution < -0.4 is 5.32 Å². The lowest BCUT2D eigenvalue weighted by Crippen LogP contribution is -2.65. The van der Waals surface area contributed by atoms with Crippen molar-refractivity contribution in [2.24, 2.45) is 0 Å². The number of hydrogen-bond donors (Lipinski definition) is 9. The van der Waals surface area contributed by atoms with E-state index in [1.807, 2.05) is 6.08 Å². The van der Waals surface area contributed by atoms with E-state index < -0.39 is 86.8 Å². The Morgan fingerprint density at radius 3 is 1.09 bits per heavy atom. The molecule has 9 N–H and O–H groups in total. The molecule has 2 aliphatic heterocycles. The van der Waals surface area contributed by atoms with E-state index in [2.05, 4.69) is 141 Å². The maximum absolute atomic E-state index is 13.4. The number of ether oxygens (including phenoxy) is 4. The first-order chi connectivity index (χ1) is 47.6. The zero-order valence-corrected chi connectivity index (χ0v) is 60.8. The van der Waals surface area contributed by atoms with Gasteiger partial charge in [-0.1, -0.05) is 321 Å². The van der Waals surface area contributed by atoms with E-state index in [4.69, 9.17) is 18.9 Å². The number of rotatable bonds is 63. The van der Waals surface area contributed by atoms with Gasteiger partial charge in [-0.3, -0.25) is 4.79 Å². The molecule has 2 aliphatic rings. The summed E-state index contributed by atoms with van der Waals surface area (Å²) in [5.41, 5.74) is 0. The zero-order chi connectivity index (χ0) is 70.1. The van der Waals surface area contributed by atoms with Gasteiger partial charge in [-0.25, -0.2) is 0 Å². The van der Waals surface area contributed by atoms with Crippen molar-refractivity contribution in [2.75, 3.05) is 19.8 Å². The summed E-state index contributed by atoms with van der Waals surface area (Å²) in [6.07, 6.45) is 80.9. The molecule has 0 aromatic carbocycles. The van der Waals surface area contributed by atoms with Crippen molar-refractivity contribution >= 4 is 5.91 Å². The molecule has 14 nitrogen and oxygen atoms in total. The Hall–Kier alpha value is -3.87. The van der Waals surface area contributed by atoms with Gasteiger partial charge in [-0.05, 0) is 96.3 Å². The normalized spacial score (nSPS) is 22.9. The van der Waals surface area contributed by atoms with E-state index in [1.54, 1.807) is 6.08 Å². The predicted molar refractivity (Wildman–Crippen MR) is 401 cm³/mol. The largest absolute Gasteiger partial charge is 0.394 e. The third-order valence-electron chi connectivity index (χ3n) is 18.1. The second-order valence-electron chi connectivity index (χ2n) is 26.8. The molecule has 2 saturated heterocycles. The van der Waals surface area contributed by atoms with E-state index in [0.717, 1.165) is 96.3 Å². The summed E-state index contributed by atoms with van der Waals surface area (Å²) in [5.74, 6) is -0.284. The Balaban J connectivity index is 1.68. The summed E-state index contributed by atoms with van der Waals surface area (Å²) in [6, 6.07) is -0.951. The van der Waals surface area contributed by atoms with Crippen molar-refractivity contribution in [3.8, 4) is 0 Å². The summed E-state index contributed by atoms with van der Waals surface area (Å²) in [5, 5.41) is 87.6. The molecule has 97 heavy (non-hydrogen) atoms. The van der Waals surface area contributed by atoms with Gasteiger partial charge in [0.25, 0.3) is 0 Å². The SMILES string of the molecule is CC/C=C\C/C=C\C/C=C\C/C=C\C/C=C\C/C=C\C/C=C\C/C=C\C/C=C\C/C=C\CCCCC(=O)NC(COC1OC(CO)C(OC2OC(CO)C(O)C(O)C2O)C(O)C1O)C(O)/C=C/CCCCCCCCCCCCCCCCCCCCCCCCCCCCCC. The number of amides is 1. The lowest BCUT2D eigenvalue weighted by Gasteiger charge is -2.46. The van der Waals surface area contributed by atoms with Crippen LogP contribution in [0.5, 0.6) is 0 Å². The second-order valence-corrected chi connectivity index (χ2v) is 26.8. The highest BCUT2D eigenvalue weighted by Gasteiger charge is 2.51. The maximum atomic E-state index is 13.4. The third kappa shape index (κ3) is 48.6. The van der Waals surface area contributed by atoms with Crippen LogP contribution in [0.2, 0.25) is 0 Å². The second kappa shape index (κ2) is 65.4. The fourth-order valence-electron chi connectivity index (χ4n) is 12.0. The van der Waals surface area contributed by atoms with Crippen molar-refractivity contribution in [3.05, 3.63) is 134 Å². The lowest BCUT2D eigenvalue weighted by molar-refractivity contribution is -0.359. The Kier molecular flexibility index (Phi) is 60.2. The average Bonchev–Trinajstić information content (AvgIpc) is 0.794. The molecule has 1 amide bonds. The summed E-state index contributed by atoms with van der Waals surface area (Å²) in [4.78, 5) is 13.4. The van der Waals surface area contributed by atoms with Crippen LogP contribution in [-0.2, 0) is 23.7 Å². The van der Waals surface area contributed by atoms with Crippen molar-refractivity contribution in [3.63, 3.8) is 0 Å². The highest BCUT2D eigenvalue weighted by Crippen LogP contribution is 2.30. The van der Waals surface area contributed by atoms with Crippen LogP contribution in [0.3, 0.4) is 0 Å². The van der Waals surface area contributed by atoms with Crippen molar-refractivity contribution in [2.45, 2.75) is 364 Å². The molecule has 0 spiro atoms. The van der Waals surface area contributed by atoms with Gasteiger partial charge >= 0.3 is 0 Å². The topological polar surface area (TPSA) is 228 Å². The molecule has 556 valence electrons. The van der Waals surface area contributed by atoms with E-state index in [1.165, 1.54) is 167 Å². The molecule has 0 saturated carbocycles. The zero-order valence-electron chi connectivity index (χ0n) is 60.8. The number of carbonyl (C=O) groups is 1. The summed E-state index contributed by atoms with van der Waals surface area (Å²) in [7, 11) is 0. The van der Waals surface area contributed by atoms with Gasteiger partial charge in [0.1, 0.15) is 48.8 Å². The average molecular weight is 1360 g/mol. The molecule has 0 aromatic rings. The number of aliphatic hydroxyl groups is 8. The van der Waals surface area contributed by atoms with Crippen LogP contribution in [-0.4, -0.2) is 140 Å². The van der Waals surface area contributed by atoms with Gasteiger partial charge in [0, 0.05) is 6.42 Å². The monoisotopic (exact) mass is 1360 g/mol. The van der Waals surface area contributed by atoms with E-state index in [9.17, 15) is 45.6 Å². The maximum Gasteiger partial charge on any atom is 0.220 e. The van der Waals surface area contributed by atoms with E-state index in [-0.39, 0.29) is 18.9 Å². The highest BCUT2D eigenvalue weighted by atomic mass is 16.7. The molecule has 2 fully saturated rings. The number of carbonyl (C=O) groups excluding carboxylic acids is 1. The quantitative estimate of drug-likeness (QED) is 0.0204. The standard InChI is InChI=1S/C83H141NO13/c1-3-5-7-9-11-13-15-17-19-21-23-25-27-29-31-33-35-36-37-39-41-43-45-47-49-51-53-55-57-59-61-63-65-67-75(88)84-71(70-94-82-80(93)78(91)81(74(69-86)96-82)97-83-79(92)77(90)76(89)73(68-85)95-83)72(87)66-64-62-60-58-56-54-52-50-48-46-44-42-40-38-34-32-30-28-26-24-22-20-18-16-14-12-10-8-6-4-2/h5,7,11,13,17,19,23,25,29,31,35-36,39,41,45,47,51,53,57,59,64,66,71-74,76-83,85-87,89-93H,3-4,6,8-10,12,14-16,18,20-22,24,26-28,30,32-34,37-38,40,42-44,46,48-50,52,54-56,58,60-63,65,67-70H2,1-2H3,(H,84,88)/b7-5-,13-11-,19-17-,25-23-,31-29-,36-35-,41-39-,47-45-,53-51-,59-57-,66-64+. The molecule has 0 radical (unpaired) electrons. The minimum Gasteiger partial charge on any atom is -0.394 e. The molecule has 12 atom stereocenters. The Bertz CT molecular complexity index is 2140. The number of unbranched alkanes of at least 4 members (excludes halogenated alkanes) is 30. The molecule has 0 bridgehead atoms. The Labute approximate surface area is 590 Å². The molecule has 14 heteroatoms. The molecule has 2 heterocycles. The molecular formula is C83H141NO13. The number of hydrogen-bond acceptors (Lipinski definition) is 13. The van der Waals surface area contributed by atoms with Crippen LogP contribution in [0, 0.1) is 0 Å². The van der Waals surface area contributed by atoms with Crippen molar-refractivity contribution < 1.29 is 64.6 Å². The Morgan fingerprint density at radius 2 is 0.711 bits per heavy atom. The first-order valence-electron chi connectivity index (χ1n) is 38.9. The minimum atomic E-state index is -1.80. The van der Waals surface area contributed by atoms with Gasteiger partial charge in [0.05, 0.1) is 32.0 Å². The summed E-state index contributed by atoms with van der Waals surface area (Å²) in [6.45, 7) is 2.68. The summed E-state index contributed by atoms with van der Waals surface area (Å²) >= 11 is 0. The number of nitrogens with one attached hydrogen (secondary N) is 1. The molecule has 0 aromatic heterocycles. The van der Waals surface area contributed by atoms with Gasteiger partial charge in [-0.2, -0.15) is 0 Å². The molecule has 12 unspecified atom stereocenters. The fourth-order valence-corrected chi connectivity index (χ4v) is 12.0. The molecule has 0 aliphatic carbocycles. The highest BCUT2D eigenvalue weighted by molar-refractivity contribution is 5.76. The summed E-state index contributed by atoms with van der Waals surface area (Å²) < 4.78 is 22.9. The smallest absolute Gasteiger partial charge is 0.220 e. The number of allylic oxidation sites excluding steroid dienone is 21. The first kappa shape index (κ1) is 89.2. The molecular weight excluding hydrogens is 1220 g/mol. The predicted octanol–water partition coefficient (Wildman–Crippen LogP) is 17.4. The fraction of sp³-hybridized carbons (Fsp3) is 0.723. The van der Waals surface area contributed by atoms with Gasteiger partial charge < -0.3 is 65.1 Å².